The average Bonchev–Trinajstić information content (AvgIpc) is 2.97. The molecule has 1 unspecified atom stereocenters. The molecule has 0 radical (unpaired) electrons. The van der Waals surface area contributed by atoms with Crippen molar-refractivity contribution in [2.24, 2.45) is 0 Å². The van der Waals surface area contributed by atoms with Crippen LogP contribution in [0.5, 0.6) is 5.75 Å². The van der Waals surface area contributed by atoms with Crippen LogP contribution in [-0.4, -0.2) is 49.1 Å². The maximum Gasteiger partial charge on any atom is 0.295 e. The third-order valence-corrected chi connectivity index (χ3v) is 4.91. The Balaban J connectivity index is 2.15. The molecule has 0 bridgehead atoms. The lowest BCUT2D eigenvalue weighted by Crippen LogP contribution is -2.32. The van der Waals surface area contributed by atoms with Crippen molar-refractivity contribution < 1.29 is 24.2 Å². The summed E-state index contributed by atoms with van der Waals surface area (Å²) < 4.78 is 10.2. The molecular weight excluding hydrogens is 382 g/mol. The molecule has 1 aliphatic heterocycles. The van der Waals surface area contributed by atoms with Crippen LogP contribution in [0.4, 0.5) is 0 Å². The van der Waals surface area contributed by atoms with E-state index in [0.717, 1.165) is 5.56 Å². The summed E-state index contributed by atoms with van der Waals surface area (Å²) >= 11 is 6.16. The number of ether oxygens (including phenoxy) is 2. The fraction of sp³-hybridized carbons (Fsp3) is 0.238. The average molecular weight is 402 g/mol. The first-order valence-corrected chi connectivity index (χ1v) is 9.03. The first-order chi connectivity index (χ1) is 13.5. The second kappa shape index (κ2) is 8.46. The normalized spacial score (nSPS) is 18.5. The Morgan fingerprint density at radius 3 is 2.46 bits per heavy atom. The SMILES string of the molecule is COCCN1C(=O)C(=O)/C(=C(\O)c2ccc(OC)c(Cl)c2)C1c1ccccc1. The van der Waals surface area contributed by atoms with Crippen molar-refractivity contribution in [3.63, 3.8) is 0 Å². The number of hydrogen-bond donors (Lipinski definition) is 1. The largest absolute Gasteiger partial charge is 0.507 e. The Labute approximate surface area is 167 Å². The van der Waals surface area contributed by atoms with Crippen molar-refractivity contribution in [2.45, 2.75) is 6.04 Å². The molecule has 0 saturated carbocycles. The highest BCUT2D eigenvalue weighted by molar-refractivity contribution is 6.46. The Kier molecular flexibility index (Phi) is 6.02. The number of halogens is 1. The molecule has 146 valence electrons. The molecule has 1 heterocycles. The molecule has 28 heavy (non-hydrogen) atoms. The number of ketones is 1. The van der Waals surface area contributed by atoms with Crippen LogP contribution in [0.25, 0.3) is 5.76 Å². The van der Waals surface area contributed by atoms with Crippen LogP contribution >= 0.6 is 11.6 Å². The number of likely N-dealkylation sites (tertiary alicyclic amines) is 1. The lowest BCUT2D eigenvalue weighted by atomic mass is 9.95. The van der Waals surface area contributed by atoms with Crippen molar-refractivity contribution in [1.82, 2.24) is 4.90 Å². The van der Waals surface area contributed by atoms with Gasteiger partial charge >= 0.3 is 0 Å². The van der Waals surface area contributed by atoms with E-state index in [0.29, 0.717) is 11.3 Å². The quantitative estimate of drug-likeness (QED) is 0.456. The van der Waals surface area contributed by atoms with Gasteiger partial charge in [0.05, 0.1) is 30.4 Å². The van der Waals surface area contributed by atoms with Gasteiger partial charge in [0, 0.05) is 19.2 Å². The molecule has 2 aromatic rings. The topological polar surface area (TPSA) is 76.1 Å². The number of Topliss-reactive ketones (excluding diaryl/α,β-unsaturated/α-hetero) is 1. The number of aliphatic hydroxyl groups is 1. The molecule has 0 aromatic heterocycles. The van der Waals surface area contributed by atoms with E-state index in [1.54, 1.807) is 12.1 Å². The number of benzene rings is 2. The van der Waals surface area contributed by atoms with E-state index in [1.165, 1.54) is 25.2 Å². The van der Waals surface area contributed by atoms with Crippen molar-refractivity contribution in [3.8, 4) is 5.75 Å². The highest BCUT2D eigenvalue weighted by Gasteiger charge is 2.45. The second-order valence-corrected chi connectivity index (χ2v) is 6.65. The van der Waals surface area contributed by atoms with Crippen molar-refractivity contribution in [1.29, 1.82) is 0 Å². The first-order valence-electron chi connectivity index (χ1n) is 8.65. The van der Waals surface area contributed by atoms with Gasteiger partial charge in [0.2, 0.25) is 0 Å². The Morgan fingerprint density at radius 2 is 1.86 bits per heavy atom. The molecule has 1 fully saturated rings. The summed E-state index contributed by atoms with van der Waals surface area (Å²) in [5.41, 5.74) is 1.07. The second-order valence-electron chi connectivity index (χ2n) is 6.25. The van der Waals surface area contributed by atoms with Gasteiger partial charge in [0.25, 0.3) is 11.7 Å². The van der Waals surface area contributed by atoms with Crippen LogP contribution in [0.2, 0.25) is 5.02 Å². The van der Waals surface area contributed by atoms with Crippen LogP contribution in [0.15, 0.2) is 54.1 Å². The van der Waals surface area contributed by atoms with Gasteiger partial charge in [-0.15, -0.1) is 0 Å². The predicted octanol–water partition coefficient (Wildman–Crippen LogP) is 3.42. The van der Waals surface area contributed by atoms with E-state index in [-0.39, 0.29) is 29.5 Å². The molecule has 0 aliphatic carbocycles. The summed E-state index contributed by atoms with van der Waals surface area (Å²) in [7, 11) is 3.00. The summed E-state index contributed by atoms with van der Waals surface area (Å²) in [4.78, 5) is 26.8. The third-order valence-electron chi connectivity index (χ3n) is 4.62. The zero-order chi connectivity index (χ0) is 20.3. The number of amides is 1. The van der Waals surface area contributed by atoms with Crippen LogP contribution in [0.3, 0.4) is 0 Å². The zero-order valence-corrected chi connectivity index (χ0v) is 16.3. The Bertz CT molecular complexity index is 926. The van der Waals surface area contributed by atoms with Crippen LogP contribution in [-0.2, 0) is 14.3 Å². The minimum Gasteiger partial charge on any atom is -0.507 e. The minimum atomic E-state index is -0.741. The number of nitrogens with zero attached hydrogens (tertiary/aromatic N) is 1. The first kappa shape index (κ1) is 19.9. The minimum absolute atomic E-state index is 0.0218. The van der Waals surface area contributed by atoms with E-state index in [1.807, 2.05) is 30.3 Å². The molecule has 1 saturated heterocycles. The molecule has 3 rings (SSSR count). The molecule has 6 nitrogen and oxygen atoms in total. The standard InChI is InChI=1S/C21H20ClNO5/c1-27-11-10-23-18(13-6-4-3-5-7-13)17(20(25)21(23)26)19(24)14-8-9-16(28-2)15(22)12-14/h3-9,12,18,24H,10-11H2,1-2H3/b19-17-. The van der Waals surface area contributed by atoms with Crippen LogP contribution in [0, 0.1) is 0 Å². The van der Waals surface area contributed by atoms with Gasteiger partial charge in [0.1, 0.15) is 11.5 Å². The number of carbonyl (C=O) groups excluding carboxylic acids is 2. The van der Waals surface area contributed by atoms with Crippen molar-refractivity contribution in [2.75, 3.05) is 27.4 Å². The molecule has 1 aliphatic rings. The fourth-order valence-corrected chi connectivity index (χ4v) is 3.51. The van der Waals surface area contributed by atoms with Gasteiger partial charge in [-0.1, -0.05) is 41.9 Å². The third kappa shape index (κ3) is 3.61. The van der Waals surface area contributed by atoms with E-state index >= 15 is 0 Å². The zero-order valence-electron chi connectivity index (χ0n) is 15.5. The van der Waals surface area contributed by atoms with Gasteiger partial charge in [0.15, 0.2) is 0 Å². The number of aliphatic hydroxyl groups excluding tert-OH is 1. The molecule has 1 amide bonds. The van der Waals surface area contributed by atoms with Gasteiger partial charge in [-0.3, -0.25) is 9.59 Å². The molecule has 1 atom stereocenters. The van der Waals surface area contributed by atoms with E-state index in [2.05, 4.69) is 0 Å². The highest BCUT2D eigenvalue weighted by atomic mass is 35.5. The Morgan fingerprint density at radius 1 is 1.14 bits per heavy atom. The fourth-order valence-electron chi connectivity index (χ4n) is 3.25. The number of methoxy groups -OCH3 is 2. The monoisotopic (exact) mass is 401 g/mol. The van der Waals surface area contributed by atoms with E-state index < -0.39 is 17.7 Å². The van der Waals surface area contributed by atoms with Gasteiger partial charge in [-0.25, -0.2) is 0 Å². The van der Waals surface area contributed by atoms with Gasteiger partial charge in [-0.05, 0) is 23.8 Å². The molecule has 0 spiro atoms. The summed E-state index contributed by atoms with van der Waals surface area (Å²) in [6.45, 7) is 0.492. The van der Waals surface area contributed by atoms with Crippen LogP contribution < -0.4 is 4.74 Å². The number of rotatable bonds is 6. The lowest BCUT2D eigenvalue weighted by Gasteiger charge is -2.25. The molecule has 7 heteroatoms. The van der Waals surface area contributed by atoms with Crippen molar-refractivity contribution in [3.05, 3.63) is 70.3 Å². The summed E-state index contributed by atoms with van der Waals surface area (Å²) in [5, 5.41) is 11.2. The maximum absolute atomic E-state index is 12.8. The molecular formula is C21H20ClNO5. The van der Waals surface area contributed by atoms with Gasteiger partial charge < -0.3 is 19.5 Å². The van der Waals surface area contributed by atoms with E-state index in [4.69, 9.17) is 21.1 Å². The molecule has 2 aromatic carbocycles. The molecule has 1 N–H and O–H groups in total. The summed E-state index contributed by atoms with van der Waals surface area (Å²) in [6, 6.07) is 13.1. The van der Waals surface area contributed by atoms with Crippen LogP contribution in [0.1, 0.15) is 17.2 Å². The lowest BCUT2D eigenvalue weighted by molar-refractivity contribution is -0.140. The maximum atomic E-state index is 12.8. The van der Waals surface area contributed by atoms with Gasteiger partial charge in [-0.2, -0.15) is 0 Å². The van der Waals surface area contributed by atoms with E-state index in [9.17, 15) is 14.7 Å². The smallest absolute Gasteiger partial charge is 0.295 e. The summed E-state index contributed by atoms with van der Waals surface area (Å²) in [6.07, 6.45) is 0. The summed E-state index contributed by atoms with van der Waals surface area (Å²) in [5.74, 6) is -1.25. The predicted molar refractivity (Wildman–Crippen MR) is 105 cm³/mol. The number of hydrogen-bond acceptors (Lipinski definition) is 5. The van der Waals surface area contributed by atoms with Crippen molar-refractivity contribution >= 4 is 29.1 Å². The highest BCUT2D eigenvalue weighted by Crippen LogP contribution is 2.40. The Hall–Kier alpha value is -2.83. The number of carbonyl (C=O) groups is 2.